The third kappa shape index (κ3) is 2.59. The lowest BCUT2D eigenvalue weighted by atomic mass is 10.0. The van der Waals surface area contributed by atoms with Gasteiger partial charge in [-0.15, -0.1) is 0 Å². The van der Waals surface area contributed by atoms with E-state index in [2.05, 4.69) is 6.07 Å². The van der Waals surface area contributed by atoms with Crippen LogP contribution in [0, 0.1) is 11.3 Å². The number of rotatable bonds is 3. The fourth-order valence-electron chi connectivity index (χ4n) is 1.80. The fraction of sp³-hybridized carbons (Fsp3) is 0.0667. The first-order valence-electron chi connectivity index (χ1n) is 5.53. The van der Waals surface area contributed by atoms with Gasteiger partial charge in [0.25, 0.3) is 0 Å². The minimum absolute atomic E-state index is 0.397. The lowest BCUT2D eigenvalue weighted by molar-refractivity contribution is 0.112. The fourth-order valence-corrected chi connectivity index (χ4v) is 1.97. The number of carbonyl (C=O) groups excluding carboxylic acids is 1. The smallest absolute Gasteiger partial charge is 0.151 e. The summed E-state index contributed by atoms with van der Waals surface area (Å²) >= 11 is 5.90. The molecule has 19 heavy (non-hydrogen) atoms. The highest BCUT2D eigenvalue weighted by Crippen LogP contribution is 2.32. The van der Waals surface area contributed by atoms with Crippen LogP contribution in [0.2, 0.25) is 5.02 Å². The third-order valence-corrected chi connectivity index (χ3v) is 3.11. The largest absolute Gasteiger partial charge is 0.496 e. The van der Waals surface area contributed by atoms with E-state index in [1.165, 1.54) is 0 Å². The number of halogens is 1. The number of methoxy groups -OCH3 is 1. The average molecular weight is 272 g/mol. The van der Waals surface area contributed by atoms with E-state index in [1.54, 1.807) is 43.5 Å². The summed E-state index contributed by atoms with van der Waals surface area (Å²) in [6.07, 6.45) is 0.701. The molecule has 0 aromatic heterocycles. The molecule has 0 spiro atoms. The van der Waals surface area contributed by atoms with E-state index >= 15 is 0 Å². The number of nitrogens with zero attached hydrogens (tertiary/aromatic N) is 1. The summed E-state index contributed by atoms with van der Waals surface area (Å²) in [5.74, 6) is 0.637. The monoisotopic (exact) mass is 271 g/mol. The van der Waals surface area contributed by atoms with Gasteiger partial charge >= 0.3 is 0 Å². The van der Waals surface area contributed by atoms with Gasteiger partial charge in [0, 0.05) is 11.1 Å². The maximum Gasteiger partial charge on any atom is 0.151 e. The number of aldehydes is 1. The summed E-state index contributed by atoms with van der Waals surface area (Å²) in [4.78, 5) is 10.9. The van der Waals surface area contributed by atoms with Crippen molar-refractivity contribution < 1.29 is 9.53 Å². The van der Waals surface area contributed by atoms with Crippen molar-refractivity contribution in [2.24, 2.45) is 0 Å². The van der Waals surface area contributed by atoms with E-state index in [1.807, 2.05) is 0 Å². The SMILES string of the molecule is COc1ccc(C#N)cc1-c1ccc(Cl)c(C=O)c1. The van der Waals surface area contributed by atoms with Crippen molar-refractivity contribution in [2.75, 3.05) is 7.11 Å². The lowest BCUT2D eigenvalue weighted by Crippen LogP contribution is -1.91. The normalized spacial score (nSPS) is 9.74. The molecule has 94 valence electrons. The van der Waals surface area contributed by atoms with E-state index in [-0.39, 0.29) is 0 Å². The highest BCUT2D eigenvalue weighted by atomic mass is 35.5. The molecule has 0 N–H and O–H groups in total. The van der Waals surface area contributed by atoms with Gasteiger partial charge in [-0.2, -0.15) is 5.26 Å². The average Bonchev–Trinajstić information content (AvgIpc) is 2.47. The van der Waals surface area contributed by atoms with Crippen molar-refractivity contribution in [1.82, 2.24) is 0 Å². The van der Waals surface area contributed by atoms with Crippen molar-refractivity contribution in [1.29, 1.82) is 5.26 Å². The summed E-state index contributed by atoms with van der Waals surface area (Å²) in [7, 11) is 1.56. The highest BCUT2D eigenvalue weighted by Gasteiger charge is 2.09. The molecule has 0 bridgehead atoms. The van der Waals surface area contributed by atoms with E-state index in [0.29, 0.717) is 28.2 Å². The van der Waals surface area contributed by atoms with Crippen molar-refractivity contribution >= 4 is 17.9 Å². The van der Waals surface area contributed by atoms with Crippen molar-refractivity contribution in [2.45, 2.75) is 0 Å². The predicted octanol–water partition coefficient (Wildman–Crippen LogP) is 3.70. The van der Waals surface area contributed by atoms with Crippen molar-refractivity contribution in [3.05, 3.63) is 52.5 Å². The third-order valence-electron chi connectivity index (χ3n) is 2.76. The molecule has 0 unspecified atom stereocenters. The molecule has 3 nitrogen and oxygen atoms in total. The molecule has 2 aromatic carbocycles. The number of ether oxygens (including phenoxy) is 1. The van der Waals surface area contributed by atoms with Gasteiger partial charge in [0.05, 0.1) is 23.8 Å². The van der Waals surface area contributed by atoms with E-state index in [0.717, 1.165) is 11.1 Å². The first-order chi connectivity index (χ1) is 9.19. The van der Waals surface area contributed by atoms with Crippen LogP contribution in [0.25, 0.3) is 11.1 Å². The van der Waals surface area contributed by atoms with Gasteiger partial charge in [-0.1, -0.05) is 17.7 Å². The second kappa shape index (κ2) is 5.55. The second-order valence-electron chi connectivity index (χ2n) is 3.88. The molecule has 0 aliphatic rings. The molecule has 0 aliphatic carbocycles. The minimum Gasteiger partial charge on any atom is -0.496 e. The Labute approximate surface area is 116 Å². The summed E-state index contributed by atoms with van der Waals surface area (Å²) in [5, 5.41) is 9.35. The summed E-state index contributed by atoms with van der Waals surface area (Å²) in [6.45, 7) is 0. The van der Waals surface area contributed by atoms with Crippen LogP contribution in [0.3, 0.4) is 0 Å². The van der Waals surface area contributed by atoms with Gasteiger partial charge in [-0.25, -0.2) is 0 Å². The van der Waals surface area contributed by atoms with Crippen LogP contribution in [-0.2, 0) is 0 Å². The molecule has 0 atom stereocenters. The Morgan fingerprint density at radius 3 is 2.68 bits per heavy atom. The van der Waals surface area contributed by atoms with Gasteiger partial charge in [-0.3, -0.25) is 4.79 Å². The molecule has 0 saturated heterocycles. The topological polar surface area (TPSA) is 50.1 Å². The Bertz CT molecular complexity index is 674. The summed E-state index contributed by atoms with van der Waals surface area (Å²) < 4.78 is 5.27. The van der Waals surface area contributed by atoms with Crippen LogP contribution in [0.5, 0.6) is 5.75 Å². The maximum atomic E-state index is 10.9. The van der Waals surface area contributed by atoms with Crippen molar-refractivity contribution in [3.63, 3.8) is 0 Å². The first kappa shape index (κ1) is 13.1. The standard InChI is InChI=1S/C15H10ClNO2/c1-19-15-5-2-10(8-17)6-13(15)11-3-4-14(16)12(7-11)9-18/h2-7,9H,1H3. The van der Waals surface area contributed by atoms with E-state index < -0.39 is 0 Å². The number of benzene rings is 2. The molecule has 4 heteroatoms. The van der Waals surface area contributed by atoms with Gasteiger partial charge < -0.3 is 4.74 Å². The second-order valence-corrected chi connectivity index (χ2v) is 4.29. The van der Waals surface area contributed by atoms with Crippen LogP contribution in [0.15, 0.2) is 36.4 Å². The number of carbonyl (C=O) groups is 1. The first-order valence-corrected chi connectivity index (χ1v) is 5.90. The van der Waals surface area contributed by atoms with Gasteiger partial charge in [0.2, 0.25) is 0 Å². The zero-order valence-electron chi connectivity index (χ0n) is 10.2. The maximum absolute atomic E-state index is 10.9. The molecular weight excluding hydrogens is 262 g/mol. The van der Waals surface area contributed by atoms with Crippen LogP contribution in [-0.4, -0.2) is 13.4 Å². The minimum atomic E-state index is 0.397. The summed E-state index contributed by atoms with van der Waals surface area (Å²) in [5.41, 5.74) is 2.46. The molecule has 0 fully saturated rings. The van der Waals surface area contributed by atoms with Gasteiger partial charge in [0.1, 0.15) is 5.75 Å². The van der Waals surface area contributed by atoms with Crippen molar-refractivity contribution in [3.8, 4) is 22.9 Å². The number of hydrogen-bond donors (Lipinski definition) is 0. The quantitative estimate of drug-likeness (QED) is 0.800. The number of hydrogen-bond acceptors (Lipinski definition) is 3. The van der Waals surface area contributed by atoms with Crippen LogP contribution >= 0.6 is 11.6 Å². The molecular formula is C15H10ClNO2. The molecule has 2 aromatic rings. The predicted molar refractivity (Wildman–Crippen MR) is 73.5 cm³/mol. The van der Waals surface area contributed by atoms with Gasteiger partial charge in [0.15, 0.2) is 6.29 Å². The lowest BCUT2D eigenvalue weighted by Gasteiger charge is -2.10. The molecule has 0 aliphatic heterocycles. The molecule has 0 radical (unpaired) electrons. The Hall–Kier alpha value is -2.31. The van der Waals surface area contributed by atoms with E-state index in [9.17, 15) is 4.79 Å². The molecule has 2 rings (SSSR count). The highest BCUT2D eigenvalue weighted by molar-refractivity contribution is 6.33. The van der Waals surface area contributed by atoms with Crippen LogP contribution in [0.1, 0.15) is 15.9 Å². The van der Waals surface area contributed by atoms with E-state index in [4.69, 9.17) is 21.6 Å². The molecule has 0 heterocycles. The Morgan fingerprint density at radius 1 is 1.26 bits per heavy atom. The molecule has 0 saturated carbocycles. The zero-order valence-corrected chi connectivity index (χ0v) is 10.9. The Kier molecular flexibility index (Phi) is 3.84. The zero-order chi connectivity index (χ0) is 13.8. The summed E-state index contributed by atoms with van der Waals surface area (Å²) in [6, 6.07) is 12.3. The number of nitriles is 1. The van der Waals surface area contributed by atoms with Gasteiger partial charge in [-0.05, 0) is 35.9 Å². The van der Waals surface area contributed by atoms with Crippen LogP contribution < -0.4 is 4.74 Å². The van der Waals surface area contributed by atoms with Crippen LogP contribution in [0.4, 0.5) is 0 Å². The molecule has 0 amide bonds. The Morgan fingerprint density at radius 2 is 2.05 bits per heavy atom. The Balaban J connectivity index is 2.63.